The van der Waals surface area contributed by atoms with Gasteiger partial charge in [0.1, 0.15) is 11.7 Å². The van der Waals surface area contributed by atoms with Crippen LogP contribution in [0.5, 0.6) is 0 Å². The zero-order valence-electron chi connectivity index (χ0n) is 11.5. The van der Waals surface area contributed by atoms with Crippen molar-refractivity contribution in [1.29, 1.82) is 0 Å². The molecule has 0 saturated heterocycles. The molecule has 1 aromatic rings. The van der Waals surface area contributed by atoms with Crippen LogP contribution in [0.15, 0.2) is 58.4 Å². The standard InChI is InChI=1S/C15H15F3NOP/c1-2-19-21(20)10-12-13(16)8-15(18,9-14(12)17)11-6-4-3-5-7-11/h3-8H,2,9-10H2,1H3. The van der Waals surface area contributed by atoms with Gasteiger partial charge < -0.3 is 4.89 Å². The van der Waals surface area contributed by atoms with Gasteiger partial charge in [0.15, 0.2) is 19.8 Å². The molecule has 6 heteroatoms. The molecule has 1 aliphatic rings. The van der Waals surface area contributed by atoms with Crippen LogP contribution in [0, 0.1) is 0 Å². The summed E-state index contributed by atoms with van der Waals surface area (Å²) in [6.07, 6.45) is -0.160. The van der Waals surface area contributed by atoms with Crippen LogP contribution in [0.2, 0.25) is 0 Å². The van der Waals surface area contributed by atoms with E-state index < -0.39 is 31.7 Å². The predicted octanol–water partition coefficient (Wildman–Crippen LogP) is 4.29. The number of halogens is 3. The summed E-state index contributed by atoms with van der Waals surface area (Å²) >= 11 is 0. The van der Waals surface area contributed by atoms with Crippen molar-refractivity contribution in [1.82, 2.24) is 0 Å². The highest BCUT2D eigenvalue weighted by atomic mass is 31.1. The third-order valence-corrected chi connectivity index (χ3v) is 4.41. The summed E-state index contributed by atoms with van der Waals surface area (Å²) in [6.45, 7) is 2.00. The number of hydrogen-bond acceptors (Lipinski definition) is 2. The molecule has 0 saturated carbocycles. The lowest BCUT2D eigenvalue weighted by Gasteiger charge is -2.26. The average molecular weight is 313 g/mol. The number of rotatable bonds is 4. The second kappa shape index (κ2) is 6.54. The minimum atomic E-state index is -2.22. The third-order valence-electron chi connectivity index (χ3n) is 3.23. The molecule has 2 unspecified atom stereocenters. The Morgan fingerprint density at radius 1 is 1.29 bits per heavy atom. The van der Waals surface area contributed by atoms with Gasteiger partial charge in [0.25, 0.3) is 0 Å². The lowest BCUT2D eigenvalue weighted by atomic mass is 9.86. The van der Waals surface area contributed by atoms with Gasteiger partial charge in [-0.05, 0) is 18.6 Å². The van der Waals surface area contributed by atoms with Crippen LogP contribution in [0.3, 0.4) is 0 Å². The second-order valence-electron chi connectivity index (χ2n) is 4.75. The molecule has 2 atom stereocenters. The van der Waals surface area contributed by atoms with Crippen LogP contribution in [0.1, 0.15) is 18.9 Å². The largest absolute Gasteiger partial charge is 0.612 e. The molecule has 0 aliphatic heterocycles. The van der Waals surface area contributed by atoms with Gasteiger partial charge in [-0.15, -0.1) is 4.74 Å². The molecule has 2 rings (SSSR count). The molecule has 0 heterocycles. The van der Waals surface area contributed by atoms with Crippen LogP contribution in [0.4, 0.5) is 13.2 Å². The molecule has 112 valence electrons. The maximum Gasteiger partial charge on any atom is 0.168 e. The minimum Gasteiger partial charge on any atom is -0.612 e. The molecule has 1 aromatic carbocycles. The summed E-state index contributed by atoms with van der Waals surface area (Å²) in [5.74, 6) is -1.91. The van der Waals surface area contributed by atoms with E-state index in [-0.39, 0.29) is 17.3 Å². The van der Waals surface area contributed by atoms with Gasteiger partial charge in [0.2, 0.25) is 0 Å². The zero-order chi connectivity index (χ0) is 15.5. The SMILES string of the molecule is CCN=[P+]([O-])CC1=C(F)CC(F)(c2ccccc2)C=C1F. The van der Waals surface area contributed by atoms with Crippen LogP contribution in [-0.4, -0.2) is 12.7 Å². The third kappa shape index (κ3) is 3.60. The first-order chi connectivity index (χ1) is 9.96. The summed E-state index contributed by atoms with van der Waals surface area (Å²) < 4.78 is 46.6. The Hall–Kier alpha value is -1.45. The summed E-state index contributed by atoms with van der Waals surface area (Å²) in [5.41, 5.74) is -2.36. The van der Waals surface area contributed by atoms with E-state index in [4.69, 9.17) is 0 Å². The van der Waals surface area contributed by atoms with Gasteiger partial charge in [0.05, 0.1) is 12.1 Å². The van der Waals surface area contributed by atoms with E-state index in [1.807, 2.05) is 0 Å². The number of hydrogen-bond donors (Lipinski definition) is 0. The van der Waals surface area contributed by atoms with Crippen molar-refractivity contribution in [3.8, 4) is 0 Å². The van der Waals surface area contributed by atoms with Crippen molar-refractivity contribution < 1.29 is 18.1 Å². The van der Waals surface area contributed by atoms with E-state index in [1.54, 1.807) is 25.1 Å². The van der Waals surface area contributed by atoms with Gasteiger partial charge in [0, 0.05) is 6.42 Å². The topological polar surface area (TPSA) is 35.4 Å². The highest BCUT2D eigenvalue weighted by Crippen LogP contribution is 2.43. The highest BCUT2D eigenvalue weighted by molar-refractivity contribution is 7.39. The van der Waals surface area contributed by atoms with E-state index in [0.717, 1.165) is 6.08 Å². The summed E-state index contributed by atoms with van der Waals surface area (Å²) in [6, 6.07) is 7.88. The molecular formula is C15H15F3NOP. The van der Waals surface area contributed by atoms with Gasteiger partial charge in [-0.2, -0.15) is 0 Å². The summed E-state index contributed by atoms with van der Waals surface area (Å²) in [5, 5.41) is 0. The minimum absolute atomic E-state index is 0.192. The fraction of sp³-hybridized carbons (Fsp3) is 0.333. The lowest BCUT2D eigenvalue weighted by molar-refractivity contribution is -0.155. The number of nitrogens with zero attached hydrogens (tertiary/aromatic N) is 1. The van der Waals surface area contributed by atoms with Crippen molar-refractivity contribution in [3.05, 3.63) is 59.2 Å². The van der Waals surface area contributed by atoms with Crippen LogP contribution >= 0.6 is 7.94 Å². The van der Waals surface area contributed by atoms with Crippen LogP contribution in [-0.2, 0) is 5.67 Å². The summed E-state index contributed by atoms with van der Waals surface area (Å²) in [4.78, 5) is 11.5. The fourth-order valence-corrected chi connectivity index (χ4v) is 3.21. The van der Waals surface area contributed by atoms with Gasteiger partial charge >= 0.3 is 0 Å². The molecule has 0 amide bonds. The van der Waals surface area contributed by atoms with Gasteiger partial charge in [-0.1, -0.05) is 30.3 Å². The Balaban J connectivity index is 2.30. The molecule has 1 aliphatic carbocycles. The predicted molar refractivity (Wildman–Crippen MR) is 75.9 cm³/mol. The second-order valence-corrected chi connectivity index (χ2v) is 6.05. The molecule has 0 bridgehead atoms. The van der Waals surface area contributed by atoms with Gasteiger partial charge in [-0.25, -0.2) is 13.2 Å². The quantitative estimate of drug-likeness (QED) is 0.764. The van der Waals surface area contributed by atoms with Crippen molar-refractivity contribution >= 4 is 7.94 Å². The smallest absolute Gasteiger partial charge is 0.168 e. The van der Waals surface area contributed by atoms with E-state index in [9.17, 15) is 18.1 Å². The number of alkyl halides is 1. The lowest BCUT2D eigenvalue weighted by Crippen LogP contribution is -2.22. The fourth-order valence-electron chi connectivity index (χ4n) is 2.21. The van der Waals surface area contributed by atoms with Gasteiger partial charge in [-0.3, -0.25) is 0 Å². The van der Waals surface area contributed by atoms with E-state index in [2.05, 4.69) is 4.74 Å². The Labute approximate surface area is 122 Å². The molecular weight excluding hydrogens is 298 g/mol. The van der Waals surface area contributed by atoms with E-state index in [0.29, 0.717) is 6.54 Å². The average Bonchev–Trinajstić information content (AvgIpc) is 2.44. The molecule has 0 radical (unpaired) electrons. The number of allylic oxidation sites excluding steroid dienone is 4. The Bertz CT molecular complexity index is 613. The van der Waals surface area contributed by atoms with Crippen molar-refractivity contribution in [2.45, 2.75) is 19.0 Å². The monoisotopic (exact) mass is 313 g/mol. The Morgan fingerprint density at radius 3 is 2.52 bits per heavy atom. The van der Waals surface area contributed by atoms with Crippen LogP contribution in [0.25, 0.3) is 0 Å². The first kappa shape index (κ1) is 15.9. The maximum atomic E-state index is 14.8. The normalized spacial score (nSPS) is 23.3. The maximum absolute atomic E-state index is 14.8. The van der Waals surface area contributed by atoms with Crippen LogP contribution < -0.4 is 4.89 Å². The molecule has 0 spiro atoms. The molecule has 2 nitrogen and oxygen atoms in total. The highest BCUT2D eigenvalue weighted by Gasteiger charge is 2.38. The van der Waals surface area contributed by atoms with Crippen molar-refractivity contribution in [2.24, 2.45) is 4.74 Å². The van der Waals surface area contributed by atoms with E-state index in [1.165, 1.54) is 12.1 Å². The zero-order valence-corrected chi connectivity index (χ0v) is 12.4. The van der Waals surface area contributed by atoms with Crippen molar-refractivity contribution in [3.63, 3.8) is 0 Å². The summed E-state index contributed by atoms with van der Waals surface area (Å²) in [7, 11) is -2.07. The molecule has 0 N–H and O–H groups in total. The van der Waals surface area contributed by atoms with E-state index >= 15 is 0 Å². The first-order valence-electron chi connectivity index (χ1n) is 6.59. The molecule has 0 fully saturated rings. The molecule has 21 heavy (non-hydrogen) atoms. The Morgan fingerprint density at radius 2 is 1.95 bits per heavy atom. The Kier molecular flexibility index (Phi) is 4.96. The molecule has 0 aromatic heterocycles. The number of benzene rings is 1. The first-order valence-corrected chi connectivity index (χ1v) is 7.99. The van der Waals surface area contributed by atoms with Crippen molar-refractivity contribution in [2.75, 3.05) is 12.7 Å².